The number of para-hydroxylation sites is 1. The lowest BCUT2D eigenvalue weighted by Gasteiger charge is -2.36. The van der Waals surface area contributed by atoms with Gasteiger partial charge >= 0.3 is 0 Å². The van der Waals surface area contributed by atoms with Gasteiger partial charge in [-0.15, -0.1) is 0 Å². The summed E-state index contributed by atoms with van der Waals surface area (Å²) < 4.78 is 5.79. The Morgan fingerprint density at radius 3 is 2.38 bits per heavy atom. The van der Waals surface area contributed by atoms with Gasteiger partial charge in [-0.25, -0.2) is 4.98 Å². The van der Waals surface area contributed by atoms with Crippen molar-refractivity contribution in [3.8, 4) is 11.3 Å². The Labute approximate surface area is 179 Å². The van der Waals surface area contributed by atoms with E-state index in [0.717, 1.165) is 29.4 Å². The molecule has 2 heterocycles. The Kier molecular flexibility index (Phi) is 6.07. The molecule has 0 aliphatic carbocycles. The zero-order valence-electron chi connectivity index (χ0n) is 15.9. The third-order valence-corrected chi connectivity index (χ3v) is 5.72. The molecule has 1 fully saturated rings. The number of nitrogens with zero attached hydrogens (tertiary/aromatic N) is 3. The highest BCUT2D eigenvalue weighted by molar-refractivity contribution is 6.33. The van der Waals surface area contributed by atoms with Crippen LogP contribution in [0.4, 0.5) is 5.69 Å². The fraction of sp³-hybridized carbons (Fsp3) is 0.273. The monoisotopic (exact) mass is 429 g/mol. The molecule has 0 saturated carbocycles. The van der Waals surface area contributed by atoms with E-state index in [1.807, 2.05) is 53.4 Å². The van der Waals surface area contributed by atoms with Crippen LogP contribution in [0.25, 0.3) is 11.3 Å². The highest BCUT2D eigenvalue weighted by Gasteiger charge is 2.22. The van der Waals surface area contributed by atoms with Crippen LogP contribution in [-0.2, 0) is 11.2 Å². The lowest BCUT2D eigenvalue weighted by molar-refractivity contribution is -0.131. The maximum Gasteiger partial charge on any atom is 0.223 e. The first-order chi connectivity index (χ1) is 14.1. The van der Waals surface area contributed by atoms with Gasteiger partial charge in [-0.3, -0.25) is 4.79 Å². The number of aromatic nitrogens is 1. The van der Waals surface area contributed by atoms with E-state index in [2.05, 4.69) is 9.88 Å². The van der Waals surface area contributed by atoms with Crippen LogP contribution in [0.2, 0.25) is 10.0 Å². The molecule has 0 N–H and O–H groups in total. The highest BCUT2D eigenvalue weighted by Crippen LogP contribution is 2.28. The number of rotatable bonds is 5. The molecule has 150 valence electrons. The molecule has 0 atom stereocenters. The van der Waals surface area contributed by atoms with Crippen molar-refractivity contribution in [1.82, 2.24) is 9.88 Å². The number of anilines is 1. The molecule has 0 radical (unpaired) electrons. The summed E-state index contributed by atoms with van der Waals surface area (Å²) in [7, 11) is 0. The van der Waals surface area contributed by atoms with E-state index in [1.165, 1.54) is 0 Å². The highest BCUT2D eigenvalue weighted by atomic mass is 35.5. The van der Waals surface area contributed by atoms with E-state index >= 15 is 0 Å². The molecular formula is C22H21Cl2N3O2. The Hall–Kier alpha value is -2.50. The summed E-state index contributed by atoms with van der Waals surface area (Å²) >= 11 is 12.5. The normalized spacial score (nSPS) is 14.3. The standard InChI is InChI=1S/C22H21Cl2N3O2/c23-17-6-2-1-5-16(17)20-15-25-21(29-20)9-10-22(28)27-13-11-26(12-14-27)19-8-4-3-7-18(19)24/h1-8,15H,9-14H2. The van der Waals surface area contributed by atoms with Crippen LogP contribution in [0.15, 0.2) is 59.1 Å². The number of carbonyl (C=O) groups excluding carboxylic acids is 1. The van der Waals surface area contributed by atoms with Gasteiger partial charge in [-0.05, 0) is 24.3 Å². The number of hydrogen-bond donors (Lipinski definition) is 0. The van der Waals surface area contributed by atoms with Gasteiger partial charge in [0.15, 0.2) is 11.7 Å². The van der Waals surface area contributed by atoms with E-state index in [9.17, 15) is 4.79 Å². The van der Waals surface area contributed by atoms with Crippen molar-refractivity contribution in [3.63, 3.8) is 0 Å². The fourth-order valence-electron chi connectivity index (χ4n) is 3.49. The molecule has 5 nitrogen and oxygen atoms in total. The Bertz CT molecular complexity index is 997. The van der Waals surface area contributed by atoms with Gasteiger partial charge < -0.3 is 14.2 Å². The predicted octanol–water partition coefficient (Wildman–Crippen LogP) is 4.93. The van der Waals surface area contributed by atoms with Crippen LogP contribution in [0.1, 0.15) is 12.3 Å². The van der Waals surface area contributed by atoms with E-state index in [4.69, 9.17) is 27.6 Å². The van der Waals surface area contributed by atoms with E-state index in [1.54, 1.807) is 6.20 Å². The van der Waals surface area contributed by atoms with Crippen LogP contribution in [0.3, 0.4) is 0 Å². The third-order valence-electron chi connectivity index (χ3n) is 5.07. The Morgan fingerprint density at radius 2 is 1.66 bits per heavy atom. The molecule has 4 rings (SSSR count). The SMILES string of the molecule is O=C(CCc1ncc(-c2ccccc2Cl)o1)N1CCN(c2ccccc2Cl)CC1. The molecule has 29 heavy (non-hydrogen) atoms. The smallest absolute Gasteiger partial charge is 0.223 e. The number of aryl methyl sites for hydroxylation is 1. The summed E-state index contributed by atoms with van der Waals surface area (Å²) in [6.07, 6.45) is 2.49. The van der Waals surface area contributed by atoms with Crippen LogP contribution in [0.5, 0.6) is 0 Å². The molecule has 1 aliphatic heterocycles. The molecule has 0 unspecified atom stereocenters. The summed E-state index contributed by atoms with van der Waals surface area (Å²) in [5.74, 6) is 1.27. The zero-order valence-corrected chi connectivity index (χ0v) is 17.4. The van der Waals surface area contributed by atoms with Gasteiger partial charge in [-0.1, -0.05) is 47.5 Å². The number of piperazine rings is 1. The maximum absolute atomic E-state index is 12.6. The van der Waals surface area contributed by atoms with Crippen molar-refractivity contribution in [2.24, 2.45) is 0 Å². The largest absolute Gasteiger partial charge is 0.441 e. The molecule has 0 bridgehead atoms. The minimum Gasteiger partial charge on any atom is -0.441 e. The Morgan fingerprint density at radius 1 is 0.966 bits per heavy atom. The first-order valence-electron chi connectivity index (χ1n) is 9.58. The number of amides is 1. The van der Waals surface area contributed by atoms with Crippen LogP contribution in [-0.4, -0.2) is 42.0 Å². The lowest BCUT2D eigenvalue weighted by atomic mass is 10.2. The fourth-order valence-corrected chi connectivity index (χ4v) is 3.97. The third kappa shape index (κ3) is 4.57. The van der Waals surface area contributed by atoms with Crippen LogP contribution >= 0.6 is 23.2 Å². The predicted molar refractivity (Wildman–Crippen MR) is 116 cm³/mol. The summed E-state index contributed by atoms with van der Waals surface area (Å²) in [5, 5.41) is 1.35. The average molecular weight is 430 g/mol. The van der Waals surface area contributed by atoms with Crippen molar-refractivity contribution < 1.29 is 9.21 Å². The average Bonchev–Trinajstić information content (AvgIpc) is 3.22. The second-order valence-corrected chi connectivity index (χ2v) is 7.73. The van der Waals surface area contributed by atoms with Gasteiger partial charge in [0.05, 0.1) is 21.9 Å². The summed E-state index contributed by atoms with van der Waals surface area (Å²) in [6.45, 7) is 2.90. The molecule has 2 aromatic carbocycles. The number of benzene rings is 2. The molecule has 7 heteroatoms. The van der Waals surface area contributed by atoms with E-state index in [-0.39, 0.29) is 5.91 Å². The summed E-state index contributed by atoms with van der Waals surface area (Å²) in [4.78, 5) is 21.0. The second-order valence-electron chi connectivity index (χ2n) is 6.92. The first-order valence-corrected chi connectivity index (χ1v) is 10.3. The van der Waals surface area contributed by atoms with Gasteiger partial charge in [0.1, 0.15) is 0 Å². The molecule has 1 aromatic heterocycles. The minimum atomic E-state index is 0.112. The van der Waals surface area contributed by atoms with E-state index in [0.29, 0.717) is 42.6 Å². The molecule has 1 aliphatic rings. The number of hydrogen-bond acceptors (Lipinski definition) is 4. The topological polar surface area (TPSA) is 49.6 Å². The number of carbonyl (C=O) groups is 1. The van der Waals surface area contributed by atoms with Crippen molar-refractivity contribution in [1.29, 1.82) is 0 Å². The number of halogens is 2. The van der Waals surface area contributed by atoms with E-state index < -0.39 is 0 Å². The van der Waals surface area contributed by atoms with Crippen molar-refractivity contribution in [2.45, 2.75) is 12.8 Å². The Balaban J connectivity index is 1.30. The van der Waals surface area contributed by atoms with Gasteiger partial charge in [-0.2, -0.15) is 0 Å². The molecular weight excluding hydrogens is 409 g/mol. The minimum absolute atomic E-state index is 0.112. The van der Waals surface area contributed by atoms with Gasteiger partial charge in [0.2, 0.25) is 5.91 Å². The summed E-state index contributed by atoms with van der Waals surface area (Å²) in [6, 6.07) is 15.3. The van der Waals surface area contributed by atoms with Crippen molar-refractivity contribution in [3.05, 3.63) is 70.7 Å². The summed E-state index contributed by atoms with van der Waals surface area (Å²) in [5.41, 5.74) is 1.82. The maximum atomic E-state index is 12.6. The van der Waals surface area contributed by atoms with Crippen molar-refractivity contribution >= 4 is 34.8 Å². The van der Waals surface area contributed by atoms with Gasteiger partial charge in [0.25, 0.3) is 0 Å². The second kappa shape index (κ2) is 8.89. The van der Waals surface area contributed by atoms with Gasteiger partial charge in [0, 0.05) is 44.6 Å². The molecule has 0 spiro atoms. The van der Waals surface area contributed by atoms with Crippen molar-refractivity contribution in [2.75, 3.05) is 31.1 Å². The molecule has 1 saturated heterocycles. The lowest BCUT2D eigenvalue weighted by Crippen LogP contribution is -2.48. The zero-order chi connectivity index (χ0) is 20.2. The quantitative estimate of drug-likeness (QED) is 0.576. The van der Waals surface area contributed by atoms with Crippen LogP contribution < -0.4 is 4.90 Å². The number of oxazole rings is 1. The van der Waals surface area contributed by atoms with Crippen LogP contribution in [0, 0.1) is 0 Å². The molecule has 3 aromatic rings. The first kappa shape index (κ1) is 19.8. The molecule has 1 amide bonds.